The highest BCUT2D eigenvalue weighted by Gasteiger charge is 2.08. The number of ether oxygens (including phenoxy) is 2. The molecule has 0 radical (unpaired) electrons. The largest absolute Gasteiger partial charge is 0.497 e. The fourth-order valence-corrected chi connectivity index (χ4v) is 2.61. The molecule has 2 N–H and O–H groups in total. The van der Waals surface area contributed by atoms with Crippen molar-refractivity contribution in [3.05, 3.63) is 59.1 Å². The smallest absolute Gasteiger partial charge is 0.239 e. The molecular formula is C21H28ClIN4O3. The van der Waals surface area contributed by atoms with Crippen molar-refractivity contribution in [1.82, 2.24) is 15.5 Å². The zero-order valence-electron chi connectivity index (χ0n) is 17.4. The van der Waals surface area contributed by atoms with E-state index < -0.39 is 0 Å². The van der Waals surface area contributed by atoms with Gasteiger partial charge in [0, 0.05) is 25.7 Å². The van der Waals surface area contributed by atoms with Gasteiger partial charge in [0.1, 0.15) is 18.1 Å². The fraction of sp³-hybridized carbons (Fsp3) is 0.333. The summed E-state index contributed by atoms with van der Waals surface area (Å²) in [6, 6.07) is 14.8. The lowest BCUT2D eigenvalue weighted by molar-refractivity contribution is -0.120. The average molecular weight is 547 g/mol. The zero-order chi connectivity index (χ0) is 21.1. The summed E-state index contributed by atoms with van der Waals surface area (Å²) >= 11 is 5.86. The van der Waals surface area contributed by atoms with E-state index >= 15 is 0 Å². The van der Waals surface area contributed by atoms with Crippen molar-refractivity contribution < 1.29 is 14.3 Å². The van der Waals surface area contributed by atoms with Gasteiger partial charge in [-0.2, -0.15) is 0 Å². The molecule has 0 aliphatic carbocycles. The first-order valence-corrected chi connectivity index (χ1v) is 9.59. The number of amides is 1. The molecule has 0 saturated carbocycles. The van der Waals surface area contributed by atoms with E-state index in [4.69, 9.17) is 21.1 Å². The first-order valence-electron chi connectivity index (χ1n) is 9.21. The van der Waals surface area contributed by atoms with E-state index in [9.17, 15) is 4.79 Å². The third-order valence-corrected chi connectivity index (χ3v) is 4.39. The Labute approximate surface area is 199 Å². The van der Waals surface area contributed by atoms with Crippen LogP contribution in [-0.2, 0) is 11.3 Å². The molecule has 30 heavy (non-hydrogen) atoms. The second kappa shape index (κ2) is 13.9. The quantitative estimate of drug-likeness (QED) is 0.287. The molecule has 0 aliphatic rings. The number of benzene rings is 2. The number of methoxy groups -OCH3 is 1. The van der Waals surface area contributed by atoms with Crippen molar-refractivity contribution in [1.29, 1.82) is 0 Å². The third-order valence-electron chi connectivity index (χ3n) is 4.14. The van der Waals surface area contributed by atoms with Crippen LogP contribution in [0.25, 0.3) is 0 Å². The van der Waals surface area contributed by atoms with Crippen LogP contribution in [0.1, 0.15) is 5.56 Å². The molecule has 0 aliphatic heterocycles. The minimum Gasteiger partial charge on any atom is -0.497 e. The van der Waals surface area contributed by atoms with Crippen LogP contribution in [-0.4, -0.2) is 57.7 Å². The number of nitrogens with one attached hydrogen (secondary N) is 2. The van der Waals surface area contributed by atoms with Gasteiger partial charge in [-0.1, -0.05) is 23.7 Å². The third kappa shape index (κ3) is 9.08. The summed E-state index contributed by atoms with van der Waals surface area (Å²) in [5, 5.41) is 6.59. The predicted octanol–water partition coefficient (Wildman–Crippen LogP) is 3.17. The Bertz CT molecular complexity index is 801. The van der Waals surface area contributed by atoms with Gasteiger partial charge in [0.15, 0.2) is 5.96 Å². The number of rotatable bonds is 9. The van der Waals surface area contributed by atoms with E-state index in [2.05, 4.69) is 15.6 Å². The van der Waals surface area contributed by atoms with E-state index in [0.29, 0.717) is 30.7 Å². The van der Waals surface area contributed by atoms with E-state index in [1.54, 1.807) is 26.3 Å². The van der Waals surface area contributed by atoms with Crippen molar-refractivity contribution in [3.8, 4) is 11.5 Å². The van der Waals surface area contributed by atoms with Crippen LogP contribution in [0.15, 0.2) is 53.5 Å². The van der Waals surface area contributed by atoms with Crippen molar-refractivity contribution in [3.63, 3.8) is 0 Å². The Morgan fingerprint density at radius 3 is 2.30 bits per heavy atom. The summed E-state index contributed by atoms with van der Waals surface area (Å²) < 4.78 is 10.8. The van der Waals surface area contributed by atoms with E-state index in [-0.39, 0.29) is 36.4 Å². The second-order valence-electron chi connectivity index (χ2n) is 6.25. The molecule has 0 atom stereocenters. The van der Waals surface area contributed by atoms with Gasteiger partial charge < -0.3 is 25.0 Å². The fourth-order valence-electron chi connectivity index (χ4n) is 2.49. The number of hydrogen-bond donors (Lipinski definition) is 2. The average Bonchev–Trinajstić information content (AvgIpc) is 2.74. The number of hydrogen-bond acceptors (Lipinski definition) is 4. The van der Waals surface area contributed by atoms with Crippen LogP contribution in [0.4, 0.5) is 0 Å². The van der Waals surface area contributed by atoms with Gasteiger partial charge in [0.2, 0.25) is 5.91 Å². The minimum atomic E-state index is -0.118. The summed E-state index contributed by atoms with van der Waals surface area (Å²) in [4.78, 5) is 18.2. The Hall–Kier alpha value is -2.20. The van der Waals surface area contributed by atoms with Crippen LogP contribution < -0.4 is 20.1 Å². The van der Waals surface area contributed by atoms with E-state index in [1.165, 1.54) is 0 Å². The second-order valence-corrected chi connectivity index (χ2v) is 6.69. The molecule has 7 nitrogen and oxygen atoms in total. The van der Waals surface area contributed by atoms with Crippen LogP contribution in [0, 0.1) is 0 Å². The van der Waals surface area contributed by atoms with Gasteiger partial charge in [-0.25, -0.2) is 0 Å². The van der Waals surface area contributed by atoms with E-state index in [1.807, 2.05) is 48.3 Å². The number of likely N-dealkylation sites (N-methyl/N-ethyl adjacent to an activating group) is 1. The molecule has 1 amide bonds. The zero-order valence-corrected chi connectivity index (χ0v) is 20.4. The van der Waals surface area contributed by atoms with Gasteiger partial charge >= 0.3 is 0 Å². The molecule has 0 unspecified atom stereocenters. The lowest BCUT2D eigenvalue weighted by atomic mass is 10.2. The lowest BCUT2D eigenvalue weighted by Gasteiger charge is -2.22. The molecule has 0 spiro atoms. The molecule has 0 fully saturated rings. The Morgan fingerprint density at radius 2 is 1.70 bits per heavy atom. The molecule has 2 aromatic carbocycles. The summed E-state index contributed by atoms with van der Waals surface area (Å²) in [6.45, 7) is 1.66. The SMILES string of the molecule is CN=C(NCC(=O)NCc1ccc(OC)cc1)N(C)CCOc1ccc(Cl)cc1.I. The highest BCUT2D eigenvalue weighted by molar-refractivity contribution is 14.0. The Kier molecular flexibility index (Phi) is 12.0. The molecule has 0 aromatic heterocycles. The van der Waals surface area contributed by atoms with E-state index in [0.717, 1.165) is 17.1 Å². The van der Waals surface area contributed by atoms with Crippen molar-refractivity contribution >= 4 is 47.4 Å². The van der Waals surface area contributed by atoms with Crippen LogP contribution in [0.5, 0.6) is 11.5 Å². The van der Waals surface area contributed by atoms with Crippen molar-refractivity contribution in [2.75, 3.05) is 40.9 Å². The van der Waals surface area contributed by atoms with Gasteiger partial charge in [0.05, 0.1) is 20.2 Å². The first-order chi connectivity index (χ1) is 14.0. The number of aliphatic imine (C=N–C) groups is 1. The van der Waals surface area contributed by atoms with Gasteiger partial charge in [-0.15, -0.1) is 24.0 Å². The Balaban J connectivity index is 0.00000450. The maximum absolute atomic E-state index is 12.1. The summed E-state index contributed by atoms with van der Waals surface area (Å²) in [5.74, 6) is 2.04. The van der Waals surface area contributed by atoms with Gasteiger partial charge in [0.25, 0.3) is 0 Å². The van der Waals surface area contributed by atoms with Crippen molar-refractivity contribution in [2.45, 2.75) is 6.54 Å². The number of guanidine groups is 1. The van der Waals surface area contributed by atoms with Crippen LogP contribution in [0.2, 0.25) is 5.02 Å². The highest BCUT2D eigenvalue weighted by Crippen LogP contribution is 2.15. The molecular weight excluding hydrogens is 519 g/mol. The first kappa shape index (κ1) is 25.8. The van der Waals surface area contributed by atoms with Crippen LogP contribution >= 0.6 is 35.6 Å². The maximum atomic E-state index is 12.1. The van der Waals surface area contributed by atoms with Gasteiger partial charge in [-0.3, -0.25) is 9.79 Å². The number of halogens is 2. The molecule has 164 valence electrons. The maximum Gasteiger partial charge on any atom is 0.239 e. The number of carbonyl (C=O) groups excluding carboxylic acids is 1. The van der Waals surface area contributed by atoms with Crippen molar-refractivity contribution in [2.24, 2.45) is 4.99 Å². The lowest BCUT2D eigenvalue weighted by Crippen LogP contribution is -2.45. The molecule has 2 rings (SSSR count). The molecule has 0 heterocycles. The monoisotopic (exact) mass is 546 g/mol. The minimum absolute atomic E-state index is 0. The molecule has 0 saturated heterocycles. The van der Waals surface area contributed by atoms with Crippen LogP contribution in [0.3, 0.4) is 0 Å². The predicted molar refractivity (Wildman–Crippen MR) is 131 cm³/mol. The van der Waals surface area contributed by atoms with Gasteiger partial charge in [-0.05, 0) is 42.0 Å². The number of carbonyl (C=O) groups is 1. The summed E-state index contributed by atoms with van der Waals surface area (Å²) in [6.07, 6.45) is 0. The summed E-state index contributed by atoms with van der Waals surface area (Å²) in [5.41, 5.74) is 1.000. The highest BCUT2D eigenvalue weighted by atomic mass is 127. The molecule has 0 bridgehead atoms. The normalized spacial score (nSPS) is 10.6. The Morgan fingerprint density at radius 1 is 1.07 bits per heavy atom. The topological polar surface area (TPSA) is 75.2 Å². The molecule has 9 heteroatoms. The standard InChI is InChI=1S/C21H27ClN4O3.HI/c1-23-21(26(2)12-13-29-19-10-6-17(22)7-11-19)25-15-20(27)24-14-16-4-8-18(28-3)9-5-16;/h4-11H,12-15H2,1-3H3,(H,23,25)(H,24,27);1H. The number of nitrogens with zero attached hydrogens (tertiary/aromatic N) is 2. The summed E-state index contributed by atoms with van der Waals surface area (Å²) in [7, 11) is 5.18. The molecule has 2 aromatic rings.